The Labute approximate surface area is 120 Å². The van der Waals surface area contributed by atoms with Crippen molar-refractivity contribution in [2.24, 2.45) is 0 Å². The molecular formula is C11H18N2O6S. The van der Waals surface area contributed by atoms with Crippen LogP contribution in [0.15, 0.2) is 0 Å². The molecule has 0 saturated heterocycles. The number of nitrogens with one attached hydrogen (secondary N) is 2. The highest BCUT2D eigenvalue weighted by Gasteiger charge is 2.20. The maximum atomic E-state index is 11.7. The molecule has 4 N–H and O–H groups in total. The highest BCUT2D eigenvalue weighted by atomic mass is 32.2. The molecule has 0 heterocycles. The predicted molar refractivity (Wildman–Crippen MR) is 72.4 cm³/mol. The Kier molecular flexibility index (Phi) is 9.18. The van der Waals surface area contributed by atoms with Crippen molar-refractivity contribution in [2.45, 2.75) is 25.3 Å². The largest absolute Gasteiger partial charge is 0.481 e. The molecular weight excluding hydrogens is 288 g/mol. The molecule has 2 amide bonds. The molecule has 0 spiro atoms. The molecule has 0 aromatic carbocycles. The normalized spacial score (nSPS) is 11.4. The molecule has 0 saturated carbocycles. The summed E-state index contributed by atoms with van der Waals surface area (Å²) in [5.74, 6) is -2.87. The van der Waals surface area contributed by atoms with Crippen LogP contribution in [0.25, 0.3) is 0 Å². The Morgan fingerprint density at radius 2 is 1.75 bits per heavy atom. The molecule has 0 rings (SSSR count). The van der Waals surface area contributed by atoms with Crippen LogP contribution < -0.4 is 10.6 Å². The van der Waals surface area contributed by atoms with E-state index in [1.165, 1.54) is 11.8 Å². The molecule has 20 heavy (non-hydrogen) atoms. The molecule has 0 bridgehead atoms. The van der Waals surface area contributed by atoms with E-state index in [2.05, 4.69) is 10.6 Å². The maximum absolute atomic E-state index is 11.7. The minimum atomic E-state index is -1.17. The van der Waals surface area contributed by atoms with Gasteiger partial charge in [0, 0.05) is 18.6 Å². The van der Waals surface area contributed by atoms with Gasteiger partial charge in [0.15, 0.2) is 0 Å². The molecule has 0 aromatic rings. The van der Waals surface area contributed by atoms with Gasteiger partial charge in [-0.2, -0.15) is 11.8 Å². The highest BCUT2D eigenvalue weighted by molar-refractivity contribution is 7.98. The van der Waals surface area contributed by atoms with Crippen molar-refractivity contribution in [1.29, 1.82) is 0 Å². The smallest absolute Gasteiger partial charge is 0.322 e. The summed E-state index contributed by atoms with van der Waals surface area (Å²) in [7, 11) is 0. The van der Waals surface area contributed by atoms with Crippen LogP contribution in [-0.2, 0) is 19.2 Å². The molecule has 0 aliphatic rings. The molecule has 0 radical (unpaired) electrons. The minimum absolute atomic E-state index is 0.00336. The van der Waals surface area contributed by atoms with Gasteiger partial charge >= 0.3 is 11.9 Å². The number of carbonyl (C=O) groups excluding carboxylic acids is 2. The first-order valence-corrected chi connectivity index (χ1v) is 7.25. The van der Waals surface area contributed by atoms with Crippen LogP contribution in [0.3, 0.4) is 0 Å². The molecule has 114 valence electrons. The van der Waals surface area contributed by atoms with Gasteiger partial charge in [-0.15, -0.1) is 0 Å². The van der Waals surface area contributed by atoms with E-state index in [4.69, 9.17) is 10.2 Å². The Morgan fingerprint density at radius 3 is 2.25 bits per heavy atom. The van der Waals surface area contributed by atoms with E-state index in [1.807, 2.05) is 0 Å². The van der Waals surface area contributed by atoms with Crippen molar-refractivity contribution >= 4 is 35.5 Å². The Balaban J connectivity index is 4.23. The van der Waals surface area contributed by atoms with Crippen LogP contribution in [0, 0.1) is 0 Å². The molecule has 0 aromatic heterocycles. The minimum Gasteiger partial charge on any atom is -0.481 e. The summed E-state index contributed by atoms with van der Waals surface area (Å²) in [6.45, 7) is -0.515. The SMILES string of the molecule is CSC[C@H](NC(=O)CCCC(=O)O)C(=O)NCC(=O)O. The number of carboxylic acid groups (broad SMARTS) is 2. The van der Waals surface area contributed by atoms with Gasteiger partial charge in [-0.3, -0.25) is 19.2 Å². The van der Waals surface area contributed by atoms with E-state index in [0.29, 0.717) is 5.75 Å². The van der Waals surface area contributed by atoms with Gasteiger partial charge in [0.1, 0.15) is 12.6 Å². The van der Waals surface area contributed by atoms with Crippen molar-refractivity contribution in [2.75, 3.05) is 18.6 Å². The molecule has 0 aliphatic carbocycles. The third-order valence-corrected chi connectivity index (χ3v) is 2.86. The van der Waals surface area contributed by atoms with E-state index >= 15 is 0 Å². The number of aliphatic carboxylic acids is 2. The van der Waals surface area contributed by atoms with E-state index in [9.17, 15) is 19.2 Å². The highest BCUT2D eigenvalue weighted by Crippen LogP contribution is 2.00. The van der Waals surface area contributed by atoms with Gasteiger partial charge in [-0.05, 0) is 12.7 Å². The van der Waals surface area contributed by atoms with Gasteiger partial charge in [0.2, 0.25) is 11.8 Å². The number of hydrogen-bond acceptors (Lipinski definition) is 5. The van der Waals surface area contributed by atoms with Crippen molar-refractivity contribution in [1.82, 2.24) is 10.6 Å². The molecule has 0 aliphatic heterocycles. The summed E-state index contributed by atoms with van der Waals surface area (Å²) in [4.78, 5) is 43.9. The third kappa shape index (κ3) is 9.20. The van der Waals surface area contributed by atoms with Crippen LogP contribution in [0.4, 0.5) is 0 Å². The second-order valence-electron chi connectivity index (χ2n) is 3.93. The Bertz CT molecular complexity index is 374. The lowest BCUT2D eigenvalue weighted by atomic mass is 10.2. The Morgan fingerprint density at radius 1 is 1.10 bits per heavy atom. The van der Waals surface area contributed by atoms with Crippen molar-refractivity contribution in [3.8, 4) is 0 Å². The summed E-state index contributed by atoms with van der Waals surface area (Å²) in [5, 5.41) is 21.6. The zero-order chi connectivity index (χ0) is 15.5. The van der Waals surface area contributed by atoms with Gasteiger partial charge in [0.25, 0.3) is 0 Å². The number of thioether (sulfide) groups is 1. The summed E-state index contributed by atoms with van der Waals surface area (Å²) >= 11 is 1.33. The lowest BCUT2D eigenvalue weighted by molar-refractivity contribution is -0.138. The maximum Gasteiger partial charge on any atom is 0.322 e. The number of carboxylic acids is 2. The lowest BCUT2D eigenvalue weighted by Crippen LogP contribution is -2.49. The van der Waals surface area contributed by atoms with Gasteiger partial charge < -0.3 is 20.8 Å². The molecule has 1 atom stereocenters. The predicted octanol–water partition coefficient (Wildman–Crippen LogP) is -0.710. The van der Waals surface area contributed by atoms with Crippen LogP contribution in [0.5, 0.6) is 0 Å². The van der Waals surface area contributed by atoms with Crippen LogP contribution in [-0.4, -0.2) is 58.6 Å². The lowest BCUT2D eigenvalue weighted by Gasteiger charge is -2.16. The van der Waals surface area contributed by atoms with Crippen molar-refractivity contribution < 1.29 is 29.4 Å². The van der Waals surface area contributed by atoms with E-state index < -0.39 is 36.3 Å². The van der Waals surface area contributed by atoms with E-state index in [1.54, 1.807) is 6.26 Å². The standard InChI is InChI=1S/C11H18N2O6S/c1-20-6-7(11(19)12-5-10(17)18)13-8(14)3-2-4-9(15)16/h7H,2-6H2,1H3,(H,12,19)(H,13,14)(H,15,16)(H,17,18)/t7-/m0/s1. The fourth-order valence-corrected chi connectivity index (χ4v) is 1.87. The van der Waals surface area contributed by atoms with Gasteiger partial charge in [-0.1, -0.05) is 0 Å². The zero-order valence-corrected chi connectivity index (χ0v) is 11.9. The summed E-state index contributed by atoms with van der Waals surface area (Å²) in [5.41, 5.74) is 0. The average Bonchev–Trinajstić information content (AvgIpc) is 2.34. The van der Waals surface area contributed by atoms with Gasteiger partial charge in [-0.25, -0.2) is 0 Å². The number of amides is 2. The molecule has 9 heteroatoms. The first-order chi connectivity index (χ1) is 9.36. The molecule has 0 fully saturated rings. The number of rotatable bonds is 10. The van der Waals surface area contributed by atoms with E-state index in [0.717, 1.165) is 0 Å². The number of carbonyl (C=O) groups is 4. The fourth-order valence-electron chi connectivity index (χ4n) is 1.30. The molecule has 8 nitrogen and oxygen atoms in total. The first-order valence-electron chi connectivity index (χ1n) is 5.86. The van der Waals surface area contributed by atoms with Crippen LogP contribution >= 0.6 is 11.8 Å². The Hall–Kier alpha value is -1.77. The quantitative estimate of drug-likeness (QED) is 0.419. The summed E-state index contributed by atoms with van der Waals surface area (Å²) < 4.78 is 0. The second-order valence-corrected chi connectivity index (χ2v) is 4.84. The monoisotopic (exact) mass is 306 g/mol. The summed E-state index contributed by atoms with van der Waals surface area (Å²) in [6, 6.07) is -0.832. The van der Waals surface area contributed by atoms with Crippen LogP contribution in [0.2, 0.25) is 0 Å². The molecule has 0 unspecified atom stereocenters. The topological polar surface area (TPSA) is 133 Å². The van der Waals surface area contributed by atoms with Crippen molar-refractivity contribution in [3.63, 3.8) is 0 Å². The first kappa shape index (κ1) is 18.2. The zero-order valence-electron chi connectivity index (χ0n) is 11.0. The average molecular weight is 306 g/mol. The fraction of sp³-hybridized carbons (Fsp3) is 0.636. The second kappa shape index (κ2) is 10.1. The number of hydrogen-bond donors (Lipinski definition) is 4. The van der Waals surface area contributed by atoms with Crippen molar-refractivity contribution in [3.05, 3.63) is 0 Å². The van der Waals surface area contributed by atoms with Crippen LogP contribution in [0.1, 0.15) is 19.3 Å². The van der Waals surface area contributed by atoms with E-state index in [-0.39, 0.29) is 19.3 Å². The third-order valence-electron chi connectivity index (χ3n) is 2.19. The summed E-state index contributed by atoms with van der Waals surface area (Å²) in [6.07, 6.45) is 1.81. The van der Waals surface area contributed by atoms with Gasteiger partial charge in [0.05, 0.1) is 0 Å².